The van der Waals surface area contributed by atoms with Crippen molar-refractivity contribution in [2.24, 2.45) is 5.14 Å². The summed E-state index contributed by atoms with van der Waals surface area (Å²) in [5, 5.41) is 5.87. The van der Waals surface area contributed by atoms with Crippen LogP contribution in [0.5, 0.6) is 0 Å². The molecule has 7 heteroatoms. The zero-order chi connectivity index (χ0) is 17.2. The second-order valence-corrected chi connectivity index (χ2v) is 7.97. The number of nitrogens with zero attached hydrogens (tertiary/aromatic N) is 1. The first-order valence-corrected chi connectivity index (χ1v) is 9.69. The first-order chi connectivity index (χ1) is 11.5. The third-order valence-electron chi connectivity index (χ3n) is 3.31. The lowest BCUT2D eigenvalue weighted by Crippen LogP contribution is -2.13. The number of pyridine rings is 1. The Balaban J connectivity index is 2.28. The van der Waals surface area contributed by atoms with Crippen LogP contribution < -0.4 is 5.14 Å². The van der Waals surface area contributed by atoms with Crippen LogP contribution in [0.1, 0.15) is 0 Å². The van der Waals surface area contributed by atoms with Crippen LogP contribution in [-0.2, 0) is 10.0 Å². The monoisotopic (exact) mass is 376 g/mol. The third-order valence-corrected chi connectivity index (χ3v) is 5.84. The minimum absolute atomic E-state index is 0.0487. The Kier molecular flexibility index (Phi) is 4.91. The molecule has 0 atom stereocenters. The predicted octanol–water partition coefficient (Wildman–Crippen LogP) is 4.20. The average Bonchev–Trinajstić information content (AvgIpc) is 2.56. The lowest BCUT2D eigenvalue weighted by atomic mass is 10.1. The van der Waals surface area contributed by atoms with Gasteiger partial charge in [0.15, 0.2) is 0 Å². The third kappa shape index (κ3) is 3.62. The first-order valence-electron chi connectivity index (χ1n) is 6.95. The van der Waals surface area contributed by atoms with Gasteiger partial charge in [-0.05, 0) is 29.8 Å². The number of benzene rings is 2. The standard InChI is InChI=1S/C17H13ClN2O2S2/c18-14-6-7-15(24(19,21)22)17(23-13-8-10-20-11-9-13)16(14)12-4-2-1-3-5-12/h1-11H,(H2,19,21,22). The van der Waals surface area contributed by atoms with Crippen molar-refractivity contribution in [3.05, 3.63) is 72.0 Å². The van der Waals surface area contributed by atoms with Crippen molar-refractivity contribution < 1.29 is 8.42 Å². The van der Waals surface area contributed by atoms with Gasteiger partial charge >= 0.3 is 0 Å². The molecule has 1 heterocycles. The molecule has 0 saturated carbocycles. The van der Waals surface area contributed by atoms with Crippen molar-refractivity contribution in [3.63, 3.8) is 0 Å². The van der Waals surface area contributed by atoms with Gasteiger partial charge in [-0.3, -0.25) is 4.98 Å². The predicted molar refractivity (Wildman–Crippen MR) is 96.6 cm³/mol. The highest BCUT2D eigenvalue weighted by molar-refractivity contribution is 8.00. The van der Waals surface area contributed by atoms with Gasteiger partial charge in [0.25, 0.3) is 0 Å². The number of halogens is 1. The molecule has 0 aliphatic carbocycles. The summed E-state index contributed by atoms with van der Waals surface area (Å²) in [7, 11) is -3.90. The molecule has 0 amide bonds. The quantitative estimate of drug-likeness (QED) is 0.740. The molecular weight excluding hydrogens is 364 g/mol. The van der Waals surface area contributed by atoms with E-state index in [4.69, 9.17) is 16.7 Å². The molecule has 0 spiro atoms. The molecule has 0 bridgehead atoms. The Morgan fingerprint density at radius 1 is 0.958 bits per heavy atom. The van der Waals surface area contributed by atoms with Crippen molar-refractivity contribution in [2.75, 3.05) is 0 Å². The van der Waals surface area contributed by atoms with Gasteiger partial charge in [-0.2, -0.15) is 0 Å². The molecule has 0 saturated heterocycles. The fraction of sp³-hybridized carbons (Fsp3) is 0. The molecule has 122 valence electrons. The SMILES string of the molecule is NS(=O)(=O)c1ccc(Cl)c(-c2ccccc2)c1Sc1ccncc1. The lowest BCUT2D eigenvalue weighted by Gasteiger charge is -2.15. The van der Waals surface area contributed by atoms with Crippen LogP contribution >= 0.6 is 23.4 Å². The van der Waals surface area contributed by atoms with Gasteiger partial charge in [-0.25, -0.2) is 13.6 Å². The molecule has 0 radical (unpaired) electrons. The van der Waals surface area contributed by atoms with Gasteiger partial charge in [0.1, 0.15) is 0 Å². The molecule has 0 aliphatic heterocycles. The van der Waals surface area contributed by atoms with Gasteiger partial charge in [0, 0.05) is 32.8 Å². The van der Waals surface area contributed by atoms with E-state index in [1.54, 1.807) is 30.6 Å². The Labute approximate surface area is 149 Å². The minimum Gasteiger partial charge on any atom is -0.265 e. The molecule has 2 aromatic carbocycles. The molecule has 3 aromatic rings. The summed E-state index contributed by atoms with van der Waals surface area (Å²) in [6.07, 6.45) is 3.29. The fourth-order valence-electron chi connectivity index (χ4n) is 2.26. The summed E-state index contributed by atoms with van der Waals surface area (Å²) >= 11 is 7.68. The van der Waals surface area contributed by atoms with Crippen molar-refractivity contribution in [1.29, 1.82) is 0 Å². The summed E-state index contributed by atoms with van der Waals surface area (Å²) in [4.78, 5) is 5.37. The summed E-state index contributed by atoms with van der Waals surface area (Å²) in [6, 6.07) is 16.0. The maximum atomic E-state index is 12.0. The zero-order valence-electron chi connectivity index (χ0n) is 12.4. The van der Waals surface area contributed by atoms with Gasteiger partial charge in [-0.1, -0.05) is 53.7 Å². The zero-order valence-corrected chi connectivity index (χ0v) is 14.8. The number of primary sulfonamides is 1. The van der Waals surface area contributed by atoms with E-state index >= 15 is 0 Å². The average molecular weight is 377 g/mol. The molecule has 0 unspecified atom stereocenters. The summed E-state index contributed by atoms with van der Waals surface area (Å²) in [6.45, 7) is 0. The molecule has 4 nitrogen and oxygen atoms in total. The van der Waals surface area contributed by atoms with Crippen LogP contribution in [0.2, 0.25) is 5.02 Å². The lowest BCUT2D eigenvalue weighted by molar-refractivity contribution is 0.596. The van der Waals surface area contributed by atoms with E-state index in [1.165, 1.54) is 17.8 Å². The highest BCUT2D eigenvalue weighted by Crippen LogP contribution is 2.43. The molecule has 3 rings (SSSR count). The van der Waals surface area contributed by atoms with Crippen LogP contribution in [-0.4, -0.2) is 13.4 Å². The van der Waals surface area contributed by atoms with Crippen LogP contribution in [0, 0.1) is 0 Å². The maximum Gasteiger partial charge on any atom is 0.239 e. The summed E-state index contributed by atoms with van der Waals surface area (Å²) in [5.74, 6) is 0. The van der Waals surface area contributed by atoms with Gasteiger partial charge in [0.2, 0.25) is 10.0 Å². The molecule has 24 heavy (non-hydrogen) atoms. The second-order valence-electron chi connectivity index (χ2n) is 4.95. The molecule has 0 aliphatic rings. The molecular formula is C17H13ClN2O2S2. The highest BCUT2D eigenvalue weighted by atomic mass is 35.5. The number of hydrogen-bond donors (Lipinski definition) is 1. The van der Waals surface area contributed by atoms with E-state index in [2.05, 4.69) is 4.98 Å². The smallest absolute Gasteiger partial charge is 0.239 e. The van der Waals surface area contributed by atoms with Crippen molar-refractivity contribution in [1.82, 2.24) is 4.98 Å². The topological polar surface area (TPSA) is 73.1 Å². The number of aromatic nitrogens is 1. The normalized spacial score (nSPS) is 11.4. The van der Waals surface area contributed by atoms with E-state index < -0.39 is 10.0 Å². The Hall–Kier alpha value is -1.86. The van der Waals surface area contributed by atoms with Crippen LogP contribution in [0.15, 0.2) is 81.7 Å². The highest BCUT2D eigenvalue weighted by Gasteiger charge is 2.21. The molecule has 0 fully saturated rings. The first kappa shape index (κ1) is 17.0. The Morgan fingerprint density at radius 2 is 1.62 bits per heavy atom. The van der Waals surface area contributed by atoms with Gasteiger partial charge in [0.05, 0.1) is 4.90 Å². The van der Waals surface area contributed by atoms with Crippen LogP contribution in [0.25, 0.3) is 11.1 Å². The van der Waals surface area contributed by atoms with Crippen molar-refractivity contribution >= 4 is 33.4 Å². The Morgan fingerprint density at radius 3 is 2.25 bits per heavy atom. The molecule has 2 N–H and O–H groups in total. The maximum absolute atomic E-state index is 12.0. The van der Waals surface area contributed by atoms with E-state index in [9.17, 15) is 8.42 Å². The van der Waals surface area contributed by atoms with E-state index in [0.717, 1.165) is 10.5 Å². The van der Waals surface area contributed by atoms with Crippen LogP contribution in [0.3, 0.4) is 0 Å². The van der Waals surface area contributed by atoms with E-state index in [0.29, 0.717) is 15.5 Å². The number of hydrogen-bond acceptors (Lipinski definition) is 4. The van der Waals surface area contributed by atoms with Crippen molar-refractivity contribution in [3.8, 4) is 11.1 Å². The summed E-state index contributed by atoms with van der Waals surface area (Å²) < 4.78 is 24.1. The van der Waals surface area contributed by atoms with Gasteiger partial charge in [-0.15, -0.1) is 0 Å². The number of rotatable bonds is 4. The van der Waals surface area contributed by atoms with E-state index in [-0.39, 0.29) is 4.90 Å². The minimum atomic E-state index is -3.90. The second kappa shape index (κ2) is 6.94. The molecule has 1 aromatic heterocycles. The fourth-order valence-corrected chi connectivity index (χ4v) is 4.67. The Bertz CT molecular complexity index is 963. The van der Waals surface area contributed by atoms with Gasteiger partial charge < -0.3 is 0 Å². The van der Waals surface area contributed by atoms with E-state index in [1.807, 2.05) is 30.3 Å². The largest absolute Gasteiger partial charge is 0.265 e. The summed E-state index contributed by atoms with van der Waals surface area (Å²) in [5.41, 5.74) is 1.47. The number of sulfonamides is 1. The number of nitrogens with two attached hydrogens (primary N) is 1. The van der Waals surface area contributed by atoms with Crippen molar-refractivity contribution in [2.45, 2.75) is 14.7 Å². The van der Waals surface area contributed by atoms with Crippen LogP contribution in [0.4, 0.5) is 0 Å².